The van der Waals surface area contributed by atoms with Gasteiger partial charge >= 0.3 is 0 Å². The molecular weight excluding hydrogens is 733 g/mol. The van der Waals surface area contributed by atoms with Gasteiger partial charge in [0.1, 0.15) is 22.6 Å². The first kappa shape index (κ1) is 34.5. The molecule has 0 radical (unpaired) electrons. The number of benzene rings is 7. The summed E-state index contributed by atoms with van der Waals surface area (Å²) < 4.78 is 9.02. The molecule has 0 amide bonds. The van der Waals surface area contributed by atoms with Crippen molar-refractivity contribution in [3.8, 4) is 0 Å². The summed E-state index contributed by atoms with van der Waals surface area (Å²) in [6.45, 7) is 6.66. The molecule has 286 valence electrons. The van der Waals surface area contributed by atoms with Gasteiger partial charge in [0.05, 0.1) is 16.7 Å². The van der Waals surface area contributed by atoms with Crippen molar-refractivity contribution in [2.45, 2.75) is 26.2 Å². The first-order valence-corrected chi connectivity index (χ1v) is 20.7. The van der Waals surface area contributed by atoms with Crippen molar-refractivity contribution in [2.24, 2.45) is 0 Å². The van der Waals surface area contributed by atoms with E-state index in [1.165, 1.54) is 16.5 Å². The van der Waals surface area contributed by atoms with E-state index in [0.29, 0.717) is 0 Å². The van der Waals surface area contributed by atoms with Gasteiger partial charge in [0.15, 0.2) is 0 Å². The van der Waals surface area contributed by atoms with Crippen LogP contribution in [0.25, 0.3) is 27.6 Å². The summed E-state index contributed by atoms with van der Waals surface area (Å²) in [7, 11) is 0. The van der Waals surface area contributed by atoms with E-state index in [0.717, 1.165) is 84.5 Å². The molecule has 0 aliphatic carbocycles. The summed E-state index contributed by atoms with van der Waals surface area (Å²) in [5.74, 6) is 1.06. The molecule has 7 heteroatoms. The van der Waals surface area contributed by atoms with Gasteiger partial charge in [0.25, 0.3) is 6.71 Å². The highest BCUT2D eigenvalue weighted by Crippen LogP contribution is 2.49. The molecule has 7 aromatic carbocycles. The Morgan fingerprint density at radius 3 is 2.00 bits per heavy atom. The van der Waals surface area contributed by atoms with Gasteiger partial charge in [-0.25, -0.2) is 4.98 Å². The molecule has 60 heavy (non-hydrogen) atoms. The molecule has 0 unspecified atom stereocenters. The molecule has 0 saturated heterocycles. The van der Waals surface area contributed by atoms with E-state index in [2.05, 4.69) is 228 Å². The third kappa shape index (κ3) is 5.05. The molecule has 0 bridgehead atoms. The molecule has 0 N–H and O–H groups in total. The molecule has 12 rings (SSSR count). The number of furan rings is 1. The van der Waals surface area contributed by atoms with E-state index in [1.54, 1.807) is 0 Å². The van der Waals surface area contributed by atoms with E-state index >= 15 is 0 Å². The zero-order valence-corrected chi connectivity index (χ0v) is 33.6. The highest BCUT2D eigenvalue weighted by atomic mass is 16.3. The Morgan fingerprint density at radius 1 is 0.583 bits per heavy atom. The fourth-order valence-electron chi connectivity index (χ4n) is 9.72. The molecule has 0 saturated carbocycles. The van der Waals surface area contributed by atoms with E-state index < -0.39 is 0 Å². The van der Waals surface area contributed by atoms with Crippen molar-refractivity contribution in [2.75, 3.05) is 14.7 Å². The van der Waals surface area contributed by atoms with Crippen LogP contribution >= 0.6 is 0 Å². The summed E-state index contributed by atoms with van der Waals surface area (Å²) in [5, 5.41) is 2.21. The van der Waals surface area contributed by atoms with Crippen LogP contribution in [0, 0.1) is 0 Å². The predicted octanol–water partition coefficient (Wildman–Crippen LogP) is 12.1. The van der Waals surface area contributed by atoms with Crippen LogP contribution in [0.15, 0.2) is 193 Å². The minimum atomic E-state index is -0.122. The van der Waals surface area contributed by atoms with E-state index in [1.807, 2.05) is 0 Å². The van der Waals surface area contributed by atoms with E-state index in [9.17, 15) is 0 Å². The normalized spacial score (nSPS) is 13.2. The SMILES string of the molecule is CC(C)(C)c1ccc(N(c2ccccc2)c2ccc3c(c2)N(c2ccccc2)c2cccc4c2B3c2nc3ccccn3c2N4c2ccccc2)c2c1oc1ccccc12. The smallest absolute Gasteiger partial charge is 0.277 e. The van der Waals surface area contributed by atoms with Crippen molar-refractivity contribution >= 4 is 102 Å². The van der Waals surface area contributed by atoms with Gasteiger partial charge in [0.2, 0.25) is 0 Å². The van der Waals surface area contributed by atoms with Crippen molar-refractivity contribution < 1.29 is 4.42 Å². The van der Waals surface area contributed by atoms with Crippen molar-refractivity contribution in [3.05, 3.63) is 194 Å². The van der Waals surface area contributed by atoms with Crippen molar-refractivity contribution in [3.63, 3.8) is 0 Å². The zero-order valence-electron chi connectivity index (χ0n) is 33.6. The third-order valence-electron chi connectivity index (χ3n) is 12.3. The number of imidazole rings is 1. The van der Waals surface area contributed by atoms with Gasteiger partial charge in [-0.15, -0.1) is 0 Å². The van der Waals surface area contributed by atoms with Gasteiger partial charge in [-0.05, 0) is 101 Å². The highest BCUT2D eigenvalue weighted by molar-refractivity contribution is 7.00. The number of rotatable bonds is 5. The highest BCUT2D eigenvalue weighted by Gasteiger charge is 2.46. The Hall–Kier alpha value is -7.51. The van der Waals surface area contributed by atoms with Crippen LogP contribution in [-0.4, -0.2) is 16.1 Å². The molecule has 3 aromatic heterocycles. The number of hydrogen-bond acceptors (Lipinski definition) is 5. The lowest BCUT2D eigenvalue weighted by molar-refractivity contribution is 0.573. The standard InChI is InChI=1S/C53H40BN5O/c1-53(2,3)40-30-32-42(48-39-24-13-14-27-46(39)60-50(40)48)57(35-18-7-4-8-19-35)38-29-31-41-45(34-38)58(36-20-9-5-10-21-36)43-25-17-26-44-49(43)54(41)51-52(56-33-16-15-28-47(56)55-51)59(44)37-22-11-6-12-23-37/h4-34H,1-3H3. The Kier molecular flexibility index (Phi) is 7.48. The van der Waals surface area contributed by atoms with Crippen LogP contribution in [0.5, 0.6) is 0 Å². The van der Waals surface area contributed by atoms with Crippen LogP contribution < -0.4 is 31.2 Å². The van der Waals surface area contributed by atoms with E-state index in [-0.39, 0.29) is 12.1 Å². The fraction of sp³-hybridized carbons (Fsp3) is 0.0755. The molecule has 0 fully saturated rings. The monoisotopic (exact) mass is 773 g/mol. The van der Waals surface area contributed by atoms with Crippen molar-refractivity contribution in [1.82, 2.24) is 9.38 Å². The lowest BCUT2D eigenvalue weighted by Crippen LogP contribution is -2.61. The number of anilines is 9. The quantitative estimate of drug-likeness (QED) is 0.163. The molecule has 6 nitrogen and oxygen atoms in total. The Morgan fingerprint density at radius 2 is 1.25 bits per heavy atom. The second-order valence-corrected chi connectivity index (χ2v) is 16.8. The Balaban J connectivity index is 1.15. The molecule has 2 aliphatic heterocycles. The van der Waals surface area contributed by atoms with Crippen LogP contribution in [0.2, 0.25) is 0 Å². The van der Waals surface area contributed by atoms with Crippen molar-refractivity contribution in [1.29, 1.82) is 0 Å². The summed E-state index contributed by atoms with van der Waals surface area (Å²) >= 11 is 0. The van der Waals surface area contributed by atoms with Gasteiger partial charge < -0.3 is 14.2 Å². The largest absolute Gasteiger partial charge is 0.456 e. The molecule has 0 atom stereocenters. The molecule has 5 heterocycles. The lowest BCUT2D eigenvalue weighted by atomic mass is 9.35. The maximum atomic E-state index is 6.77. The fourth-order valence-corrected chi connectivity index (χ4v) is 9.72. The number of pyridine rings is 1. The molecule has 10 aromatic rings. The van der Waals surface area contributed by atoms with Crippen LogP contribution in [-0.2, 0) is 5.41 Å². The average molecular weight is 774 g/mol. The second kappa shape index (κ2) is 13.0. The first-order valence-electron chi connectivity index (χ1n) is 20.7. The maximum absolute atomic E-state index is 6.77. The molecule has 2 aliphatic rings. The number of para-hydroxylation sites is 4. The summed E-state index contributed by atoms with van der Waals surface area (Å²) in [5.41, 5.74) is 16.1. The van der Waals surface area contributed by atoms with Crippen LogP contribution in [0.3, 0.4) is 0 Å². The maximum Gasteiger partial charge on any atom is 0.277 e. The van der Waals surface area contributed by atoms with Gasteiger partial charge in [-0.2, -0.15) is 0 Å². The number of hydrogen-bond donors (Lipinski definition) is 0. The Labute approximate surface area is 349 Å². The Bertz CT molecular complexity index is 3280. The van der Waals surface area contributed by atoms with Gasteiger partial charge in [-0.1, -0.05) is 118 Å². The number of aromatic nitrogens is 2. The number of fused-ring (bicyclic) bond motifs is 9. The third-order valence-corrected chi connectivity index (χ3v) is 12.3. The van der Waals surface area contributed by atoms with E-state index in [4.69, 9.17) is 9.40 Å². The predicted molar refractivity (Wildman–Crippen MR) is 250 cm³/mol. The molecule has 0 spiro atoms. The topological polar surface area (TPSA) is 40.2 Å². The molecular formula is C53H40BN5O. The minimum Gasteiger partial charge on any atom is -0.456 e. The zero-order chi connectivity index (χ0) is 40.1. The first-order chi connectivity index (χ1) is 29.4. The van der Waals surface area contributed by atoms with Crippen LogP contribution in [0.4, 0.5) is 51.3 Å². The lowest BCUT2D eigenvalue weighted by Gasteiger charge is -2.42. The second-order valence-electron chi connectivity index (χ2n) is 16.8. The summed E-state index contributed by atoms with van der Waals surface area (Å²) in [6, 6.07) is 65.2. The van der Waals surface area contributed by atoms with Gasteiger partial charge in [-0.3, -0.25) is 9.30 Å². The number of nitrogens with zero attached hydrogens (tertiary/aromatic N) is 5. The summed E-state index contributed by atoms with van der Waals surface area (Å²) in [4.78, 5) is 12.7. The average Bonchev–Trinajstić information content (AvgIpc) is 3.86. The van der Waals surface area contributed by atoms with Crippen LogP contribution in [0.1, 0.15) is 26.3 Å². The minimum absolute atomic E-state index is 0.115. The van der Waals surface area contributed by atoms with Gasteiger partial charge in [0, 0.05) is 57.0 Å². The summed E-state index contributed by atoms with van der Waals surface area (Å²) in [6.07, 6.45) is 2.14.